The molecule has 2 amide bonds. The smallest absolute Gasteiger partial charge is 0.343 e. The molecular weight excluding hydrogens is 339 g/mol. The predicted octanol–water partition coefficient (Wildman–Crippen LogP) is 2.02. The van der Waals surface area contributed by atoms with Crippen LogP contribution in [-0.4, -0.2) is 53.1 Å². The number of anilines is 1. The molecule has 0 aliphatic carbocycles. The van der Waals surface area contributed by atoms with E-state index in [1.807, 2.05) is 24.3 Å². The number of carbonyl (C=O) groups is 3. The van der Waals surface area contributed by atoms with Gasteiger partial charge in [-0.05, 0) is 24.1 Å². The van der Waals surface area contributed by atoms with Crippen LogP contribution in [0.1, 0.15) is 31.7 Å². The third-order valence-electron chi connectivity index (χ3n) is 5.18. The summed E-state index contributed by atoms with van der Waals surface area (Å²) in [5, 5.41) is 8.96. The van der Waals surface area contributed by atoms with Gasteiger partial charge in [0.25, 0.3) is 0 Å². The second-order valence-corrected chi connectivity index (χ2v) is 7.10. The Kier molecular flexibility index (Phi) is 4.98. The molecule has 2 atom stereocenters. The predicted molar refractivity (Wildman–Crippen MR) is 93.6 cm³/mol. The largest absolute Gasteiger partial charge is 0.479 e. The third kappa shape index (κ3) is 3.43. The Labute approximate surface area is 151 Å². The molecule has 1 aromatic rings. The number of benzene rings is 1. The first kappa shape index (κ1) is 18.4. The van der Waals surface area contributed by atoms with Gasteiger partial charge in [0.05, 0.1) is 12.5 Å². The molecular formula is C19H23FN2O4. The molecule has 0 spiro atoms. The normalized spacial score (nSPS) is 25.8. The Morgan fingerprint density at radius 1 is 1.31 bits per heavy atom. The van der Waals surface area contributed by atoms with Crippen LogP contribution in [0.15, 0.2) is 24.3 Å². The molecule has 0 bridgehead atoms. The van der Waals surface area contributed by atoms with Gasteiger partial charge in [-0.2, -0.15) is 0 Å². The maximum Gasteiger partial charge on any atom is 0.343 e. The molecule has 0 radical (unpaired) electrons. The Morgan fingerprint density at radius 2 is 2.00 bits per heavy atom. The number of likely N-dealkylation sites (tertiary alicyclic amines) is 1. The van der Waals surface area contributed by atoms with E-state index in [1.165, 1.54) is 10.5 Å². The van der Waals surface area contributed by atoms with Crippen molar-refractivity contribution in [3.8, 4) is 0 Å². The monoisotopic (exact) mass is 362 g/mol. The maximum atomic E-state index is 14.2. The lowest BCUT2D eigenvalue weighted by molar-refractivity contribution is -0.150. The molecule has 2 aliphatic rings. The molecule has 3 rings (SSSR count). The van der Waals surface area contributed by atoms with E-state index in [9.17, 15) is 18.8 Å². The summed E-state index contributed by atoms with van der Waals surface area (Å²) in [4.78, 5) is 38.8. The number of hydrogen-bond donors (Lipinski definition) is 1. The molecule has 0 aromatic heterocycles. The van der Waals surface area contributed by atoms with Crippen molar-refractivity contribution >= 4 is 23.5 Å². The zero-order valence-electron chi connectivity index (χ0n) is 14.8. The van der Waals surface area contributed by atoms with Gasteiger partial charge < -0.3 is 14.9 Å². The number of aryl methyl sites for hydroxylation is 1. The highest BCUT2D eigenvalue weighted by molar-refractivity contribution is 6.00. The van der Waals surface area contributed by atoms with E-state index >= 15 is 0 Å². The van der Waals surface area contributed by atoms with E-state index < -0.39 is 24.1 Å². The zero-order chi connectivity index (χ0) is 18.9. The minimum Gasteiger partial charge on any atom is -0.479 e. The fraction of sp³-hybridized carbons (Fsp3) is 0.526. The number of hydrogen-bond acceptors (Lipinski definition) is 3. The summed E-state index contributed by atoms with van der Waals surface area (Å²) in [6.07, 6.45) is 1.87. The molecule has 7 heteroatoms. The van der Waals surface area contributed by atoms with Gasteiger partial charge >= 0.3 is 5.97 Å². The SMILES string of the molecule is CCCc1ccc(N2CC(C(=O)N3CCC(F)(C(=O)O)C3)CC2=O)cc1. The van der Waals surface area contributed by atoms with E-state index in [0.29, 0.717) is 0 Å². The van der Waals surface area contributed by atoms with Crippen LogP contribution in [0.25, 0.3) is 0 Å². The average molecular weight is 362 g/mol. The molecule has 1 aromatic carbocycles. The summed E-state index contributed by atoms with van der Waals surface area (Å²) in [6, 6.07) is 7.71. The fourth-order valence-corrected chi connectivity index (χ4v) is 3.65. The van der Waals surface area contributed by atoms with Crippen LogP contribution in [0.3, 0.4) is 0 Å². The van der Waals surface area contributed by atoms with Crippen molar-refractivity contribution in [1.29, 1.82) is 0 Å². The van der Waals surface area contributed by atoms with Crippen molar-refractivity contribution in [2.24, 2.45) is 5.92 Å². The highest BCUT2D eigenvalue weighted by atomic mass is 19.1. The first-order chi connectivity index (χ1) is 12.3. The van der Waals surface area contributed by atoms with Crippen LogP contribution in [0, 0.1) is 5.92 Å². The van der Waals surface area contributed by atoms with Gasteiger partial charge in [-0.15, -0.1) is 0 Å². The van der Waals surface area contributed by atoms with Crippen molar-refractivity contribution < 1.29 is 23.9 Å². The molecule has 2 saturated heterocycles. The van der Waals surface area contributed by atoms with E-state index in [2.05, 4.69) is 6.92 Å². The summed E-state index contributed by atoms with van der Waals surface area (Å²) in [6.45, 7) is 1.96. The number of rotatable bonds is 5. The van der Waals surface area contributed by atoms with Crippen LogP contribution < -0.4 is 4.90 Å². The molecule has 6 nitrogen and oxygen atoms in total. The topological polar surface area (TPSA) is 77.9 Å². The Hall–Kier alpha value is -2.44. The van der Waals surface area contributed by atoms with E-state index in [-0.39, 0.29) is 37.7 Å². The van der Waals surface area contributed by atoms with Crippen molar-refractivity contribution in [2.45, 2.75) is 38.3 Å². The number of halogens is 1. The van der Waals surface area contributed by atoms with Crippen molar-refractivity contribution in [3.63, 3.8) is 0 Å². The second-order valence-electron chi connectivity index (χ2n) is 7.10. The van der Waals surface area contributed by atoms with Crippen molar-refractivity contribution in [2.75, 3.05) is 24.5 Å². The Bertz CT molecular complexity index is 721. The highest BCUT2D eigenvalue weighted by Crippen LogP contribution is 2.31. The van der Waals surface area contributed by atoms with Crippen LogP contribution in [0.5, 0.6) is 0 Å². The summed E-state index contributed by atoms with van der Waals surface area (Å²) < 4.78 is 14.2. The number of carbonyl (C=O) groups excluding carboxylic acids is 2. The van der Waals surface area contributed by atoms with Gasteiger partial charge in [0.2, 0.25) is 17.5 Å². The molecule has 1 N–H and O–H groups in total. The first-order valence-corrected chi connectivity index (χ1v) is 8.94. The first-order valence-electron chi connectivity index (χ1n) is 8.94. The van der Waals surface area contributed by atoms with Crippen molar-refractivity contribution in [1.82, 2.24) is 4.90 Å². The Balaban J connectivity index is 1.66. The van der Waals surface area contributed by atoms with E-state index in [4.69, 9.17) is 5.11 Å². The molecule has 2 unspecified atom stereocenters. The highest BCUT2D eigenvalue weighted by Gasteiger charge is 2.49. The lowest BCUT2D eigenvalue weighted by Gasteiger charge is -2.21. The quantitative estimate of drug-likeness (QED) is 0.869. The number of carboxylic acids is 1. The van der Waals surface area contributed by atoms with Gasteiger partial charge in [-0.25, -0.2) is 9.18 Å². The maximum absolute atomic E-state index is 14.2. The van der Waals surface area contributed by atoms with Crippen LogP contribution >= 0.6 is 0 Å². The average Bonchev–Trinajstić information content (AvgIpc) is 3.20. The summed E-state index contributed by atoms with van der Waals surface area (Å²) in [5.74, 6) is -2.59. The van der Waals surface area contributed by atoms with Gasteiger partial charge in [-0.1, -0.05) is 25.5 Å². The van der Waals surface area contributed by atoms with Crippen molar-refractivity contribution in [3.05, 3.63) is 29.8 Å². The summed E-state index contributed by atoms with van der Waals surface area (Å²) in [5.41, 5.74) is -0.440. The molecule has 0 saturated carbocycles. The molecule has 26 heavy (non-hydrogen) atoms. The number of alkyl halides is 1. The number of aliphatic carboxylic acids is 1. The lowest BCUT2D eigenvalue weighted by atomic mass is 10.1. The second kappa shape index (κ2) is 7.05. The van der Waals surface area contributed by atoms with E-state index in [0.717, 1.165) is 18.5 Å². The van der Waals surface area contributed by atoms with Crippen LogP contribution in [-0.2, 0) is 20.8 Å². The fourth-order valence-electron chi connectivity index (χ4n) is 3.65. The Morgan fingerprint density at radius 3 is 2.58 bits per heavy atom. The van der Waals surface area contributed by atoms with Gasteiger partial charge in [0.1, 0.15) is 0 Å². The number of amides is 2. The summed E-state index contributed by atoms with van der Waals surface area (Å²) in [7, 11) is 0. The molecule has 2 heterocycles. The molecule has 2 aliphatic heterocycles. The zero-order valence-corrected chi connectivity index (χ0v) is 14.8. The van der Waals surface area contributed by atoms with E-state index in [1.54, 1.807) is 4.90 Å². The number of carboxylic acid groups (broad SMARTS) is 1. The van der Waals surface area contributed by atoms with Gasteiger partial charge in [0, 0.05) is 31.6 Å². The standard InChI is InChI=1S/C19H23FN2O4/c1-2-3-13-4-6-15(7-5-13)22-11-14(10-16(22)23)17(24)21-9-8-19(20,12-21)18(25)26/h4-7,14H,2-3,8-12H2,1H3,(H,25,26). The van der Waals surface area contributed by atoms with Crippen LogP contribution in [0.2, 0.25) is 0 Å². The number of nitrogens with zero attached hydrogens (tertiary/aromatic N) is 2. The molecule has 2 fully saturated rings. The van der Waals surface area contributed by atoms with Gasteiger partial charge in [0.15, 0.2) is 0 Å². The van der Waals surface area contributed by atoms with Crippen LogP contribution in [0.4, 0.5) is 10.1 Å². The lowest BCUT2D eigenvalue weighted by Crippen LogP contribution is -2.41. The minimum atomic E-state index is -2.38. The minimum absolute atomic E-state index is 0.0675. The third-order valence-corrected chi connectivity index (χ3v) is 5.18. The molecule has 140 valence electrons. The van der Waals surface area contributed by atoms with Gasteiger partial charge in [-0.3, -0.25) is 9.59 Å². The summed E-state index contributed by atoms with van der Waals surface area (Å²) >= 11 is 0.